The first-order chi connectivity index (χ1) is 19.7. The number of benzene rings is 4. The molecule has 3 heterocycles. The van der Waals surface area contributed by atoms with Gasteiger partial charge in [0.2, 0.25) is 0 Å². The molecule has 1 aliphatic rings. The van der Waals surface area contributed by atoms with Gasteiger partial charge in [-0.05, 0) is 86.5 Å². The van der Waals surface area contributed by atoms with Crippen LogP contribution in [0.3, 0.4) is 0 Å². The molecule has 0 fully saturated rings. The number of fused-ring (bicyclic) bond motifs is 3. The third-order valence-electron chi connectivity index (χ3n) is 6.00. The van der Waals surface area contributed by atoms with E-state index in [0.29, 0.717) is 31.0 Å². The Hall–Kier alpha value is 0.113. The maximum Gasteiger partial charge on any atom is 1.00 e. The number of furan rings is 2. The molecule has 210 valence electrons. The van der Waals surface area contributed by atoms with Crippen LogP contribution < -0.4 is 113 Å². The van der Waals surface area contributed by atoms with E-state index in [1.54, 1.807) is 30.5 Å². The number of hydrogen-bond acceptors (Lipinski definition) is 7. The summed E-state index contributed by atoms with van der Waals surface area (Å²) in [5.41, 5.74) is 4.38. The molecule has 4 aromatic carbocycles. The van der Waals surface area contributed by atoms with Gasteiger partial charge in [0.15, 0.2) is 11.2 Å². The average Bonchev–Trinajstić information content (AvgIpc) is 3.61. The van der Waals surface area contributed by atoms with Crippen molar-refractivity contribution in [2.24, 2.45) is 0 Å². The SMILES string of the molecule is Brc1ccc2c(c1)Oc1ccc(Br)c3occ-2c13.O=CO[O-].Oc1ccc(Br)c2occ(-c3ccc(Br)cc3F)c12.[H-].[K+].[K+]. The van der Waals surface area contributed by atoms with Crippen molar-refractivity contribution < 1.29 is 142 Å². The molecule has 0 unspecified atom stereocenters. The van der Waals surface area contributed by atoms with Crippen LogP contribution in [0.5, 0.6) is 17.2 Å². The molecule has 0 aliphatic carbocycles. The second-order valence-electron chi connectivity index (χ2n) is 8.38. The normalized spacial score (nSPS) is 10.6. The van der Waals surface area contributed by atoms with E-state index >= 15 is 0 Å². The van der Waals surface area contributed by atoms with Gasteiger partial charge in [-0.25, -0.2) is 4.39 Å². The summed E-state index contributed by atoms with van der Waals surface area (Å²) in [6, 6.07) is 17.9. The van der Waals surface area contributed by atoms with Crippen LogP contribution in [0.25, 0.3) is 44.2 Å². The Morgan fingerprint density at radius 2 is 1.28 bits per heavy atom. The van der Waals surface area contributed by atoms with Gasteiger partial charge in [-0.2, -0.15) is 0 Å². The summed E-state index contributed by atoms with van der Waals surface area (Å²) >= 11 is 13.5. The van der Waals surface area contributed by atoms with E-state index in [1.807, 2.05) is 30.3 Å². The molecule has 14 heteroatoms. The number of halogens is 5. The van der Waals surface area contributed by atoms with Gasteiger partial charge in [0.25, 0.3) is 6.47 Å². The molecule has 0 saturated heterocycles. The Bertz CT molecular complexity index is 1930. The molecule has 0 atom stereocenters. The van der Waals surface area contributed by atoms with Crippen molar-refractivity contribution in [1.82, 2.24) is 0 Å². The predicted molar refractivity (Wildman–Crippen MR) is 164 cm³/mol. The Morgan fingerprint density at radius 1 is 0.744 bits per heavy atom. The van der Waals surface area contributed by atoms with E-state index in [2.05, 4.69) is 68.6 Å². The number of carbonyl (C=O) groups excluding carboxylic acids is 1. The van der Waals surface area contributed by atoms with Gasteiger partial charge < -0.3 is 30.2 Å². The van der Waals surface area contributed by atoms with Crippen molar-refractivity contribution in [2.75, 3.05) is 0 Å². The maximum absolute atomic E-state index is 14.0. The average molecular weight is 892 g/mol. The monoisotopic (exact) mass is 888 g/mol. The Kier molecular flexibility index (Phi) is 14.7. The summed E-state index contributed by atoms with van der Waals surface area (Å²) in [5.74, 6) is 1.37. The molecule has 0 saturated carbocycles. The first kappa shape index (κ1) is 37.6. The van der Waals surface area contributed by atoms with Crippen LogP contribution >= 0.6 is 63.7 Å². The molecule has 1 aliphatic heterocycles. The van der Waals surface area contributed by atoms with Gasteiger partial charge in [-0.15, -0.1) is 0 Å². The number of phenolic OH excluding ortho intramolecular Hbond substituents is 1. The van der Waals surface area contributed by atoms with Gasteiger partial charge in [0.1, 0.15) is 23.1 Å². The maximum atomic E-state index is 14.0. The number of phenols is 1. The van der Waals surface area contributed by atoms with Crippen LogP contribution in [0, 0.1) is 5.82 Å². The van der Waals surface area contributed by atoms with Crippen LogP contribution in [-0.2, 0) is 9.68 Å². The zero-order valence-corrected chi connectivity index (χ0v) is 34.9. The number of hydrogen-bond donors (Lipinski definition) is 1. The van der Waals surface area contributed by atoms with Crippen molar-refractivity contribution in [2.45, 2.75) is 0 Å². The van der Waals surface area contributed by atoms with Gasteiger partial charge in [-0.1, -0.05) is 37.9 Å². The Balaban J connectivity index is 0.000000258. The second-order valence-corrected chi connectivity index (χ2v) is 11.9. The van der Waals surface area contributed by atoms with Crippen LogP contribution in [0.4, 0.5) is 4.39 Å². The van der Waals surface area contributed by atoms with Gasteiger partial charge >= 0.3 is 103 Å². The minimum atomic E-state index is -0.378. The Labute approximate surface area is 364 Å². The van der Waals surface area contributed by atoms with E-state index in [0.717, 1.165) is 42.5 Å². The zero-order chi connectivity index (χ0) is 29.3. The van der Waals surface area contributed by atoms with E-state index in [1.165, 1.54) is 12.3 Å². The molecule has 0 bridgehead atoms. The third kappa shape index (κ3) is 8.16. The fourth-order valence-corrected chi connectivity index (χ4v) is 5.82. The summed E-state index contributed by atoms with van der Waals surface area (Å²) < 4.78 is 34.3. The van der Waals surface area contributed by atoms with Crippen LogP contribution in [0.2, 0.25) is 0 Å². The van der Waals surface area contributed by atoms with Crippen molar-refractivity contribution in [3.8, 4) is 39.5 Å². The summed E-state index contributed by atoms with van der Waals surface area (Å²) in [6.07, 6.45) is 3.23. The number of rotatable bonds is 2. The molecule has 1 N–H and O–H groups in total. The molecule has 0 amide bonds. The van der Waals surface area contributed by atoms with Crippen molar-refractivity contribution in [3.05, 3.63) is 96.9 Å². The van der Waals surface area contributed by atoms with Crippen LogP contribution in [0.1, 0.15) is 1.43 Å². The Morgan fingerprint density at radius 3 is 1.88 bits per heavy atom. The molecular formula is C29H15Br4FK2O7. The quantitative estimate of drug-likeness (QED) is 0.122. The standard InChI is InChI=1S/C14H7Br2FO2.C14H6Br2O2.CH2O3.2K.H/c15-7-1-2-8(11(17)5-7)9-6-19-14-10(16)3-4-12(18)13(9)14;15-7-1-2-8-9-6-17-14-10(16)3-4-11(13(9)14)18-12(8)5-7;2-1-4-3;;;/h1-6,18H;1-6H;1,3H;;;/q;;;2*+1;-1/p-1. The molecule has 7 rings (SSSR count). The molecule has 2 aromatic heterocycles. The first-order valence-corrected chi connectivity index (χ1v) is 14.6. The molecule has 0 spiro atoms. The molecule has 43 heavy (non-hydrogen) atoms. The minimum absolute atomic E-state index is 0. The van der Waals surface area contributed by atoms with Crippen LogP contribution in [0.15, 0.2) is 99.9 Å². The van der Waals surface area contributed by atoms with Gasteiger partial charge in [0, 0.05) is 31.2 Å². The summed E-state index contributed by atoms with van der Waals surface area (Å²) in [4.78, 5) is 11.2. The summed E-state index contributed by atoms with van der Waals surface area (Å²) in [7, 11) is 0. The molecule has 6 aromatic rings. The van der Waals surface area contributed by atoms with Gasteiger partial charge in [0.05, 0.1) is 32.2 Å². The molecule has 7 nitrogen and oxygen atoms in total. The summed E-state index contributed by atoms with van der Waals surface area (Å²) in [5, 5.41) is 19.9. The van der Waals surface area contributed by atoms with Crippen LogP contribution in [-0.4, -0.2) is 11.6 Å². The summed E-state index contributed by atoms with van der Waals surface area (Å²) in [6.45, 7) is -0.181. The second kappa shape index (κ2) is 16.8. The largest absolute Gasteiger partial charge is 1.00 e. The van der Waals surface area contributed by atoms with E-state index in [4.69, 9.17) is 23.6 Å². The first-order valence-electron chi connectivity index (χ1n) is 11.5. The third-order valence-corrected chi connectivity index (χ3v) is 8.24. The smallest absolute Gasteiger partial charge is 1.00 e. The van der Waals surface area contributed by atoms with E-state index in [9.17, 15) is 9.50 Å². The molecular weight excluding hydrogens is 877 g/mol. The zero-order valence-electron chi connectivity index (χ0n) is 23.3. The van der Waals surface area contributed by atoms with Crippen molar-refractivity contribution in [1.29, 1.82) is 0 Å². The number of aromatic hydroxyl groups is 1. The topological polar surface area (TPSA) is 105 Å². The fraction of sp³-hybridized carbons (Fsp3) is 0. The fourth-order valence-electron chi connectivity index (χ4n) is 4.30. The minimum Gasteiger partial charge on any atom is -1.00 e. The van der Waals surface area contributed by atoms with E-state index < -0.39 is 0 Å². The molecule has 0 radical (unpaired) electrons. The van der Waals surface area contributed by atoms with Crippen molar-refractivity contribution in [3.63, 3.8) is 0 Å². The number of ether oxygens (including phenoxy) is 1. The number of carbonyl (C=O) groups is 1. The van der Waals surface area contributed by atoms with Gasteiger partial charge in [-0.3, -0.25) is 4.79 Å². The van der Waals surface area contributed by atoms with Crippen molar-refractivity contribution >= 4 is 92.1 Å². The van der Waals surface area contributed by atoms with E-state index in [-0.39, 0.29) is 122 Å². The predicted octanol–water partition coefficient (Wildman–Crippen LogP) is 3.76.